The monoisotopic (exact) mass is 288 g/mol. The highest BCUT2D eigenvalue weighted by Gasteiger charge is 2.13. The molecule has 0 amide bonds. The van der Waals surface area contributed by atoms with Gasteiger partial charge in [-0.1, -0.05) is 6.07 Å². The Bertz CT molecular complexity index is 602. The predicted octanol–water partition coefficient (Wildman–Crippen LogP) is 2.07. The first-order valence-electron chi connectivity index (χ1n) is 6.77. The number of ether oxygens (including phenoxy) is 2. The smallest absolute Gasteiger partial charge is 0.235 e. The third-order valence-electron chi connectivity index (χ3n) is 2.98. The van der Waals surface area contributed by atoms with Crippen LogP contribution in [-0.4, -0.2) is 23.6 Å². The highest BCUT2D eigenvalue weighted by molar-refractivity contribution is 5.58. The lowest BCUT2D eigenvalue weighted by Gasteiger charge is -2.20. The van der Waals surface area contributed by atoms with Gasteiger partial charge < -0.3 is 14.5 Å². The zero-order valence-corrected chi connectivity index (χ0v) is 12.5. The lowest BCUT2D eigenvalue weighted by Crippen LogP contribution is -2.26. The first kappa shape index (κ1) is 15.1. The molecule has 0 unspecified atom stereocenters. The van der Waals surface area contributed by atoms with Gasteiger partial charge in [-0.3, -0.25) is 4.98 Å². The van der Waals surface area contributed by atoms with E-state index in [1.165, 1.54) is 0 Å². The Balaban J connectivity index is 2.27. The van der Waals surface area contributed by atoms with Crippen LogP contribution in [0.3, 0.4) is 0 Å². The van der Waals surface area contributed by atoms with Gasteiger partial charge in [-0.15, -0.1) is 0 Å². The number of hydrazine groups is 1. The Kier molecular flexibility index (Phi) is 4.94. The molecule has 0 aliphatic heterocycles. The largest absolute Gasteiger partial charge is 0.493 e. The summed E-state index contributed by atoms with van der Waals surface area (Å²) in [4.78, 5) is 8.33. The van der Waals surface area contributed by atoms with Gasteiger partial charge in [0.25, 0.3) is 0 Å². The topological polar surface area (TPSA) is 73.5 Å². The van der Waals surface area contributed by atoms with E-state index >= 15 is 0 Å². The molecule has 0 spiro atoms. The van der Waals surface area contributed by atoms with E-state index in [2.05, 4.69) is 9.97 Å². The Morgan fingerprint density at radius 3 is 2.62 bits per heavy atom. The van der Waals surface area contributed by atoms with Crippen molar-refractivity contribution in [3.05, 3.63) is 41.9 Å². The molecule has 0 aliphatic carbocycles. The van der Waals surface area contributed by atoms with Gasteiger partial charge in [0.2, 0.25) is 5.88 Å². The SMILES string of the molecule is CCOc1cccc(N(C)N)c1COc1nccnc1C. The number of rotatable bonds is 6. The standard InChI is InChI=1S/C15H20N4O2/c1-4-20-14-7-5-6-13(19(3)16)12(14)10-21-15-11(2)17-8-9-18-15/h5-9H,4,10,16H2,1-3H3. The van der Waals surface area contributed by atoms with Crippen LogP contribution in [0.4, 0.5) is 5.69 Å². The Morgan fingerprint density at radius 1 is 1.19 bits per heavy atom. The second-order valence-corrected chi connectivity index (χ2v) is 4.53. The number of aryl methyl sites for hydroxylation is 1. The summed E-state index contributed by atoms with van der Waals surface area (Å²) in [6.45, 7) is 4.69. The molecule has 0 saturated carbocycles. The average Bonchev–Trinajstić information content (AvgIpc) is 2.47. The minimum Gasteiger partial charge on any atom is -0.493 e. The zero-order chi connectivity index (χ0) is 15.2. The van der Waals surface area contributed by atoms with Crippen LogP contribution in [0.2, 0.25) is 0 Å². The van der Waals surface area contributed by atoms with Crippen molar-refractivity contribution in [2.75, 3.05) is 18.7 Å². The van der Waals surface area contributed by atoms with E-state index in [9.17, 15) is 0 Å². The van der Waals surface area contributed by atoms with E-state index in [1.807, 2.05) is 32.0 Å². The number of nitrogens with zero attached hydrogens (tertiary/aromatic N) is 3. The molecule has 1 heterocycles. The van der Waals surface area contributed by atoms with Crippen LogP contribution in [0.5, 0.6) is 11.6 Å². The van der Waals surface area contributed by atoms with Gasteiger partial charge in [-0.05, 0) is 26.0 Å². The van der Waals surface area contributed by atoms with Crippen LogP contribution >= 0.6 is 0 Å². The van der Waals surface area contributed by atoms with Crippen LogP contribution < -0.4 is 20.3 Å². The van der Waals surface area contributed by atoms with Gasteiger partial charge in [-0.25, -0.2) is 10.8 Å². The maximum atomic E-state index is 5.87. The molecule has 1 aromatic carbocycles. The molecule has 2 aromatic rings. The summed E-state index contributed by atoms with van der Waals surface area (Å²) in [5.41, 5.74) is 2.48. The van der Waals surface area contributed by atoms with Crippen molar-refractivity contribution in [1.29, 1.82) is 0 Å². The minimum absolute atomic E-state index is 0.312. The van der Waals surface area contributed by atoms with Crippen LogP contribution in [0.25, 0.3) is 0 Å². The summed E-state index contributed by atoms with van der Waals surface area (Å²) >= 11 is 0. The van der Waals surface area contributed by atoms with Gasteiger partial charge in [0.05, 0.1) is 23.6 Å². The van der Waals surface area contributed by atoms with E-state index in [0.29, 0.717) is 19.1 Å². The molecule has 0 aliphatic rings. The van der Waals surface area contributed by atoms with Crippen molar-refractivity contribution in [1.82, 2.24) is 9.97 Å². The molecule has 0 fully saturated rings. The van der Waals surface area contributed by atoms with Crippen molar-refractivity contribution in [3.8, 4) is 11.6 Å². The third kappa shape index (κ3) is 3.61. The predicted molar refractivity (Wildman–Crippen MR) is 81.3 cm³/mol. The molecular weight excluding hydrogens is 268 g/mol. The van der Waals surface area contributed by atoms with Gasteiger partial charge in [-0.2, -0.15) is 0 Å². The molecule has 112 valence electrons. The van der Waals surface area contributed by atoms with Crippen LogP contribution in [0.1, 0.15) is 18.2 Å². The van der Waals surface area contributed by atoms with Crippen molar-refractivity contribution >= 4 is 5.69 Å². The summed E-state index contributed by atoms with van der Waals surface area (Å²) in [6, 6.07) is 5.73. The summed E-state index contributed by atoms with van der Waals surface area (Å²) in [7, 11) is 1.78. The third-order valence-corrected chi connectivity index (χ3v) is 2.98. The second kappa shape index (κ2) is 6.90. The number of nitrogens with two attached hydrogens (primary N) is 1. The van der Waals surface area contributed by atoms with Crippen LogP contribution in [0, 0.1) is 6.92 Å². The lowest BCUT2D eigenvalue weighted by molar-refractivity contribution is 0.275. The van der Waals surface area contributed by atoms with Crippen molar-refractivity contribution in [2.45, 2.75) is 20.5 Å². The molecule has 6 heteroatoms. The lowest BCUT2D eigenvalue weighted by atomic mass is 10.1. The molecule has 2 N–H and O–H groups in total. The van der Waals surface area contributed by atoms with Crippen molar-refractivity contribution in [3.63, 3.8) is 0 Å². The zero-order valence-electron chi connectivity index (χ0n) is 12.5. The fourth-order valence-electron chi connectivity index (χ4n) is 2.00. The summed E-state index contributed by atoms with van der Waals surface area (Å²) < 4.78 is 11.4. The van der Waals surface area contributed by atoms with Crippen LogP contribution in [-0.2, 0) is 6.61 Å². The van der Waals surface area contributed by atoms with Gasteiger partial charge in [0, 0.05) is 19.4 Å². The molecule has 0 bridgehead atoms. The summed E-state index contributed by atoms with van der Waals surface area (Å²) in [5, 5.41) is 1.55. The van der Waals surface area contributed by atoms with Gasteiger partial charge in [0.1, 0.15) is 12.4 Å². The van der Waals surface area contributed by atoms with E-state index in [1.54, 1.807) is 24.5 Å². The molecule has 1 aromatic heterocycles. The highest BCUT2D eigenvalue weighted by atomic mass is 16.5. The molecule has 0 atom stereocenters. The molecular formula is C15H20N4O2. The van der Waals surface area contributed by atoms with E-state index in [0.717, 1.165) is 22.7 Å². The van der Waals surface area contributed by atoms with Crippen molar-refractivity contribution in [2.24, 2.45) is 5.84 Å². The van der Waals surface area contributed by atoms with Crippen molar-refractivity contribution < 1.29 is 9.47 Å². The Morgan fingerprint density at radius 2 is 1.95 bits per heavy atom. The van der Waals surface area contributed by atoms with E-state index in [4.69, 9.17) is 15.3 Å². The fraction of sp³-hybridized carbons (Fsp3) is 0.333. The Labute approximate surface area is 124 Å². The second-order valence-electron chi connectivity index (χ2n) is 4.53. The number of hydrogen-bond donors (Lipinski definition) is 1. The molecule has 6 nitrogen and oxygen atoms in total. The van der Waals surface area contributed by atoms with Crippen LogP contribution in [0.15, 0.2) is 30.6 Å². The summed E-state index contributed by atoms with van der Waals surface area (Å²) in [6.07, 6.45) is 3.24. The van der Waals surface area contributed by atoms with E-state index < -0.39 is 0 Å². The molecule has 0 radical (unpaired) electrons. The molecule has 0 saturated heterocycles. The first-order chi connectivity index (χ1) is 10.1. The number of aromatic nitrogens is 2. The summed E-state index contributed by atoms with van der Waals surface area (Å²) in [5.74, 6) is 7.14. The average molecular weight is 288 g/mol. The van der Waals surface area contributed by atoms with Gasteiger partial charge >= 0.3 is 0 Å². The first-order valence-corrected chi connectivity index (χ1v) is 6.77. The van der Waals surface area contributed by atoms with Gasteiger partial charge in [0.15, 0.2) is 0 Å². The molecule has 21 heavy (non-hydrogen) atoms. The Hall–Kier alpha value is -2.34. The maximum Gasteiger partial charge on any atom is 0.235 e. The highest BCUT2D eigenvalue weighted by Crippen LogP contribution is 2.29. The number of benzene rings is 1. The minimum atomic E-state index is 0.312. The molecule has 2 rings (SSSR count). The number of hydrogen-bond acceptors (Lipinski definition) is 6. The maximum absolute atomic E-state index is 5.87. The quantitative estimate of drug-likeness (QED) is 0.648. The number of anilines is 1. The van der Waals surface area contributed by atoms with E-state index in [-0.39, 0.29) is 0 Å². The fourth-order valence-corrected chi connectivity index (χ4v) is 2.00. The normalized spacial score (nSPS) is 10.3.